The highest BCUT2D eigenvalue weighted by molar-refractivity contribution is 5.75. The Balaban J connectivity index is 2.03. The molecule has 13 heavy (non-hydrogen) atoms. The molecule has 1 unspecified atom stereocenters. The summed E-state index contributed by atoms with van der Waals surface area (Å²) in [6.45, 7) is 0. The Hall–Kier alpha value is -0.570. The van der Waals surface area contributed by atoms with Gasteiger partial charge in [0, 0.05) is 12.0 Å². The molecule has 0 spiro atoms. The fourth-order valence-electron chi connectivity index (χ4n) is 3.27. The number of hydrogen-bond acceptors (Lipinski definition) is 2. The predicted octanol–water partition coefficient (Wildman–Crippen LogP) is 0.769. The molecule has 2 saturated carbocycles. The molecule has 0 aliphatic heterocycles. The Morgan fingerprint density at radius 2 is 1.85 bits per heavy atom. The topological polar surface area (TPSA) is 69.1 Å². The second-order valence-corrected chi connectivity index (χ2v) is 4.96. The molecule has 2 fully saturated rings. The third-order valence-electron chi connectivity index (χ3n) is 3.57. The van der Waals surface area contributed by atoms with E-state index >= 15 is 0 Å². The van der Waals surface area contributed by atoms with E-state index in [0.29, 0.717) is 6.42 Å². The lowest BCUT2D eigenvalue weighted by Crippen LogP contribution is -2.47. The van der Waals surface area contributed by atoms with Gasteiger partial charge in [-0.2, -0.15) is 0 Å². The van der Waals surface area contributed by atoms with Gasteiger partial charge in [-0.25, -0.2) is 0 Å². The van der Waals surface area contributed by atoms with Crippen LogP contribution in [-0.4, -0.2) is 11.4 Å². The van der Waals surface area contributed by atoms with Crippen LogP contribution in [0.25, 0.3) is 0 Å². The van der Waals surface area contributed by atoms with Gasteiger partial charge in [-0.05, 0) is 31.1 Å². The van der Waals surface area contributed by atoms with Crippen molar-refractivity contribution < 1.29 is 4.79 Å². The van der Waals surface area contributed by atoms with Crippen molar-refractivity contribution in [2.75, 3.05) is 0 Å². The van der Waals surface area contributed by atoms with Gasteiger partial charge in [-0.3, -0.25) is 4.79 Å². The first-order valence-electron chi connectivity index (χ1n) is 5.15. The molecule has 2 aliphatic rings. The van der Waals surface area contributed by atoms with Gasteiger partial charge in [0.1, 0.15) is 0 Å². The van der Waals surface area contributed by atoms with Crippen LogP contribution in [0.15, 0.2) is 0 Å². The highest BCUT2D eigenvalue weighted by atomic mass is 16.1. The summed E-state index contributed by atoms with van der Waals surface area (Å²) in [5.74, 6) is 1.29. The van der Waals surface area contributed by atoms with Crippen molar-refractivity contribution in [3.63, 3.8) is 0 Å². The van der Waals surface area contributed by atoms with Crippen molar-refractivity contribution >= 4 is 5.91 Å². The van der Waals surface area contributed by atoms with Crippen LogP contribution in [0.2, 0.25) is 0 Å². The van der Waals surface area contributed by atoms with Crippen LogP contribution in [0, 0.1) is 11.8 Å². The minimum atomic E-state index is -0.268. The maximum absolute atomic E-state index is 10.8. The van der Waals surface area contributed by atoms with Gasteiger partial charge in [0.15, 0.2) is 0 Å². The molecule has 74 valence electrons. The second-order valence-electron chi connectivity index (χ2n) is 4.96. The Labute approximate surface area is 78.9 Å². The standard InChI is InChI=1S/C10H18N2O/c11-9(13)6-10(12)4-7-1-2-8(3-7)5-10/h7-8H,1-6,12H2,(H2,11,13)/t7-,8+,10?. The van der Waals surface area contributed by atoms with Crippen LogP contribution >= 0.6 is 0 Å². The smallest absolute Gasteiger partial charge is 0.219 e. The molecule has 2 bridgehead atoms. The summed E-state index contributed by atoms with van der Waals surface area (Å²) in [7, 11) is 0. The molecule has 1 amide bonds. The van der Waals surface area contributed by atoms with Crippen molar-refractivity contribution in [1.29, 1.82) is 0 Å². The molecule has 0 radical (unpaired) electrons. The van der Waals surface area contributed by atoms with Crippen molar-refractivity contribution in [1.82, 2.24) is 0 Å². The average molecular weight is 182 g/mol. The Kier molecular flexibility index (Phi) is 2.06. The van der Waals surface area contributed by atoms with Gasteiger partial charge in [0.25, 0.3) is 0 Å². The zero-order valence-electron chi connectivity index (χ0n) is 7.96. The van der Waals surface area contributed by atoms with E-state index in [1.807, 2.05) is 0 Å². The molecule has 0 aromatic carbocycles. The van der Waals surface area contributed by atoms with Gasteiger partial charge in [-0.1, -0.05) is 12.8 Å². The van der Waals surface area contributed by atoms with Gasteiger partial charge in [0.05, 0.1) is 0 Å². The van der Waals surface area contributed by atoms with Crippen molar-refractivity contribution in [2.45, 2.75) is 44.1 Å². The van der Waals surface area contributed by atoms with Gasteiger partial charge in [-0.15, -0.1) is 0 Å². The van der Waals surface area contributed by atoms with Crippen LogP contribution in [0.5, 0.6) is 0 Å². The summed E-state index contributed by atoms with van der Waals surface area (Å²) >= 11 is 0. The zero-order valence-corrected chi connectivity index (χ0v) is 7.96. The fourth-order valence-corrected chi connectivity index (χ4v) is 3.27. The normalized spacial score (nSPS) is 43.5. The van der Waals surface area contributed by atoms with E-state index in [1.54, 1.807) is 0 Å². The molecule has 0 heterocycles. The molecule has 0 aromatic rings. The minimum Gasteiger partial charge on any atom is -0.370 e. The van der Waals surface area contributed by atoms with Crippen molar-refractivity contribution in [3.05, 3.63) is 0 Å². The Morgan fingerprint density at radius 3 is 2.31 bits per heavy atom. The molecule has 3 nitrogen and oxygen atoms in total. The summed E-state index contributed by atoms with van der Waals surface area (Å²) in [4.78, 5) is 10.8. The van der Waals surface area contributed by atoms with E-state index in [0.717, 1.165) is 24.7 Å². The summed E-state index contributed by atoms with van der Waals surface area (Å²) in [5.41, 5.74) is 11.1. The predicted molar refractivity (Wildman–Crippen MR) is 50.8 cm³/mol. The number of amides is 1. The van der Waals surface area contributed by atoms with E-state index in [2.05, 4.69) is 0 Å². The molecule has 3 atom stereocenters. The maximum Gasteiger partial charge on any atom is 0.219 e. The van der Waals surface area contributed by atoms with Crippen LogP contribution in [0.1, 0.15) is 38.5 Å². The summed E-state index contributed by atoms with van der Waals surface area (Å²) < 4.78 is 0. The maximum atomic E-state index is 10.8. The monoisotopic (exact) mass is 182 g/mol. The molecule has 2 rings (SSSR count). The minimum absolute atomic E-state index is 0.246. The molecule has 0 aromatic heterocycles. The lowest BCUT2D eigenvalue weighted by molar-refractivity contribution is -0.119. The largest absolute Gasteiger partial charge is 0.370 e. The number of hydrogen-bond donors (Lipinski definition) is 2. The number of primary amides is 1. The van der Waals surface area contributed by atoms with Crippen LogP contribution in [-0.2, 0) is 4.79 Å². The number of carbonyl (C=O) groups excluding carboxylic acids is 1. The highest BCUT2D eigenvalue weighted by Crippen LogP contribution is 2.46. The fraction of sp³-hybridized carbons (Fsp3) is 0.900. The summed E-state index contributed by atoms with van der Waals surface area (Å²) in [5, 5.41) is 0. The van der Waals surface area contributed by atoms with E-state index in [1.165, 1.54) is 19.3 Å². The molecule has 2 aliphatic carbocycles. The quantitative estimate of drug-likeness (QED) is 0.662. The molecule has 0 saturated heterocycles. The van der Waals surface area contributed by atoms with Crippen LogP contribution < -0.4 is 11.5 Å². The highest BCUT2D eigenvalue weighted by Gasteiger charge is 2.41. The number of nitrogens with two attached hydrogens (primary N) is 2. The third-order valence-corrected chi connectivity index (χ3v) is 3.57. The first kappa shape index (κ1) is 9.00. The molecular formula is C10H18N2O. The number of rotatable bonds is 2. The van der Waals surface area contributed by atoms with E-state index in [9.17, 15) is 4.79 Å². The molecular weight excluding hydrogens is 164 g/mol. The summed E-state index contributed by atoms with van der Waals surface area (Å²) in [6, 6.07) is 0. The first-order valence-corrected chi connectivity index (χ1v) is 5.15. The van der Waals surface area contributed by atoms with Gasteiger partial charge in [0.2, 0.25) is 5.91 Å². The summed E-state index contributed by atoms with van der Waals surface area (Å²) in [6.07, 6.45) is 6.33. The zero-order chi connectivity index (χ0) is 9.47. The lowest BCUT2D eigenvalue weighted by Gasteiger charge is -2.36. The molecule has 4 N–H and O–H groups in total. The van der Waals surface area contributed by atoms with Gasteiger partial charge < -0.3 is 11.5 Å². The van der Waals surface area contributed by atoms with Crippen molar-refractivity contribution in [2.24, 2.45) is 23.3 Å². The van der Waals surface area contributed by atoms with Crippen LogP contribution in [0.3, 0.4) is 0 Å². The third kappa shape index (κ3) is 1.85. The average Bonchev–Trinajstić information content (AvgIpc) is 2.27. The Morgan fingerprint density at radius 1 is 1.31 bits per heavy atom. The number of fused-ring (bicyclic) bond motifs is 2. The first-order chi connectivity index (χ1) is 6.07. The second kappa shape index (κ2) is 2.98. The SMILES string of the molecule is NC(=O)CC1(N)C[C@@H]2CC[C@@H](C2)C1. The Bertz CT molecular complexity index is 215. The van der Waals surface area contributed by atoms with Gasteiger partial charge >= 0.3 is 0 Å². The molecule has 3 heteroatoms. The van der Waals surface area contributed by atoms with E-state index in [4.69, 9.17) is 11.5 Å². The van der Waals surface area contributed by atoms with Crippen molar-refractivity contribution in [3.8, 4) is 0 Å². The van der Waals surface area contributed by atoms with E-state index < -0.39 is 0 Å². The lowest BCUT2D eigenvalue weighted by atomic mass is 9.74. The van der Waals surface area contributed by atoms with E-state index in [-0.39, 0.29) is 11.4 Å². The number of carbonyl (C=O) groups is 1. The van der Waals surface area contributed by atoms with Crippen LogP contribution in [0.4, 0.5) is 0 Å².